The first-order chi connectivity index (χ1) is 14.6. The van der Waals surface area contributed by atoms with E-state index in [4.69, 9.17) is 0 Å². The van der Waals surface area contributed by atoms with E-state index >= 15 is 0 Å². The summed E-state index contributed by atoms with van der Waals surface area (Å²) in [5.41, 5.74) is 0.510. The summed E-state index contributed by atoms with van der Waals surface area (Å²) in [7, 11) is 0. The fourth-order valence-corrected chi connectivity index (χ4v) is 3.89. The lowest BCUT2D eigenvalue weighted by molar-refractivity contribution is -0.142. The van der Waals surface area contributed by atoms with Crippen LogP contribution in [0.5, 0.6) is 0 Å². The summed E-state index contributed by atoms with van der Waals surface area (Å²) in [6, 6.07) is 2.33. The summed E-state index contributed by atoms with van der Waals surface area (Å²) < 4.78 is 43.6. The van der Waals surface area contributed by atoms with Gasteiger partial charge in [-0.15, -0.1) is 0 Å². The Morgan fingerprint density at radius 2 is 1.94 bits per heavy atom. The van der Waals surface area contributed by atoms with E-state index in [1.807, 2.05) is 13.8 Å². The van der Waals surface area contributed by atoms with E-state index in [-0.39, 0.29) is 23.5 Å². The SMILES string of the molecule is CC(C)c1cc(C(F)(F)F)n2nc([C@@H]3CCCN3C(=O)c3cnn(C(C)C)c3)cc2n1. The van der Waals surface area contributed by atoms with Crippen LogP contribution in [0.1, 0.15) is 86.0 Å². The lowest BCUT2D eigenvalue weighted by Gasteiger charge is -2.22. The Labute approximate surface area is 177 Å². The minimum absolute atomic E-state index is 0.122. The number of aromatic nitrogens is 5. The molecule has 0 saturated carbocycles. The Balaban J connectivity index is 1.72. The third-order valence-electron chi connectivity index (χ3n) is 5.58. The van der Waals surface area contributed by atoms with Crippen molar-refractivity contribution < 1.29 is 18.0 Å². The molecule has 0 unspecified atom stereocenters. The van der Waals surface area contributed by atoms with Gasteiger partial charge < -0.3 is 4.90 Å². The van der Waals surface area contributed by atoms with Crippen molar-refractivity contribution in [1.82, 2.24) is 29.3 Å². The van der Waals surface area contributed by atoms with E-state index in [1.165, 1.54) is 6.20 Å². The second kappa shape index (κ2) is 7.65. The molecule has 4 heterocycles. The van der Waals surface area contributed by atoms with Gasteiger partial charge in [-0.3, -0.25) is 9.48 Å². The molecule has 0 aliphatic carbocycles. The molecule has 0 N–H and O–H groups in total. The van der Waals surface area contributed by atoms with Crippen LogP contribution < -0.4 is 0 Å². The highest BCUT2D eigenvalue weighted by atomic mass is 19.4. The summed E-state index contributed by atoms with van der Waals surface area (Å²) in [4.78, 5) is 19.1. The second-order valence-electron chi connectivity index (χ2n) is 8.52. The molecule has 166 valence electrons. The third kappa shape index (κ3) is 3.90. The van der Waals surface area contributed by atoms with Crippen molar-refractivity contribution in [2.24, 2.45) is 0 Å². The third-order valence-corrected chi connectivity index (χ3v) is 5.58. The molecule has 1 atom stereocenters. The van der Waals surface area contributed by atoms with Gasteiger partial charge in [-0.05, 0) is 38.7 Å². The lowest BCUT2D eigenvalue weighted by atomic mass is 10.1. The first-order valence-electron chi connectivity index (χ1n) is 10.4. The standard InChI is InChI=1S/C21H25F3N6O/c1-12(2)15-8-18(21(22,23)24)30-19(26-15)9-16(27-30)17-6-5-7-28(17)20(31)14-10-25-29(11-14)13(3)4/h8-13,17H,5-7H2,1-4H3/t17-/m0/s1. The first kappa shape index (κ1) is 21.3. The highest BCUT2D eigenvalue weighted by Gasteiger charge is 2.37. The molecule has 0 aromatic carbocycles. The molecular formula is C21H25F3N6O. The maximum atomic E-state index is 13.7. The Morgan fingerprint density at radius 3 is 2.55 bits per heavy atom. The number of amides is 1. The quantitative estimate of drug-likeness (QED) is 0.601. The number of hydrogen-bond acceptors (Lipinski definition) is 4. The van der Waals surface area contributed by atoms with Gasteiger partial charge in [0.25, 0.3) is 5.91 Å². The van der Waals surface area contributed by atoms with Crippen molar-refractivity contribution in [3.8, 4) is 0 Å². The average Bonchev–Trinajstić information content (AvgIpc) is 3.43. The average molecular weight is 434 g/mol. The molecule has 3 aromatic rings. The molecule has 0 radical (unpaired) electrons. The Kier molecular flexibility index (Phi) is 5.26. The Morgan fingerprint density at radius 1 is 1.19 bits per heavy atom. The number of alkyl halides is 3. The van der Waals surface area contributed by atoms with Crippen LogP contribution in [0.2, 0.25) is 0 Å². The maximum absolute atomic E-state index is 13.7. The zero-order valence-electron chi connectivity index (χ0n) is 17.9. The molecule has 3 aromatic heterocycles. The lowest BCUT2D eigenvalue weighted by Crippen LogP contribution is -2.30. The van der Waals surface area contributed by atoms with Gasteiger partial charge in [0.2, 0.25) is 0 Å². The smallest absolute Gasteiger partial charge is 0.330 e. The van der Waals surface area contributed by atoms with Crippen molar-refractivity contribution in [2.75, 3.05) is 6.54 Å². The molecule has 4 rings (SSSR count). The number of nitrogens with zero attached hydrogens (tertiary/aromatic N) is 6. The first-order valence-corrected chi connectivity index (χ1v) is 10.4. The van der Waals surface area contributed by atoms with Crippen LogP contribution in [0, 0.1) is 0 Å². The van der Waals surface area contributed by atoms with E-state index in [0.29, 0.717) is 29.9 Å². The van der Waals surface area contributed by atoms with Gasteiger partial charge in [0.05, 0.1) is 23.5 Å². The monoisotopic (exact) mass is 434 g/mol. The van der Waals surface area contributed by atoms with E-state index in [2.05, 4.69) is 15.2 Å². The van der Waals surface area contributed by atoms with Crippen LogP contribution >= 0.6 is 0 Å². The molecule has 0 bridgehead atoms. The summed E-state index contributed by atoms with van der Waals surface area (Å²) in [5, 5.41) is 8.46. The summed E-state index contributed by atoms with van der Waals surface area (Å²) in [5.74, 6) is -0.357. The Bertz CT molecular complexity index is 1110. The molecule has 1 amide bonds. The highest BCUT2D eigenvalue weighted by Crippen LogP contribution is 2.35. The number of carbonyl (C=O) groups is 1. The molecule has 10 heteroatoms. The van der Waals surface area contributed by atoms with Crippen LogP contribution in [-0.4, -0.2) is 41.7 Å². The molecule has 0 spiro atoms. The van der Waals surface area contributed by atoms with E-state index in [9.17, 15) is 18.0 Å². The zero-order valence-corrected chi connectivity index (χ0v) is 17.9. The van der Waals surface area contributed by atoms with Gasteiger partial charge in [0.1, 0.15) is 5.69 Å². The van der Waals surface area contributed by atoms with Gasteiger partial charge in [0, 0.05) is 30.5 Å². The molecule has 1 aliphatic heterocycles. The molecular weight excluding hydrogens is 409 g/mol. The predicted octanol–water partition coefficient (Wildman–Crippen LogP) is 4.63. The van der Waals surface area contributed by atoms with Crippen molar-refractivity contribution in [1.29, 1.82) is 0 Å². The number of hydrogen-bond donors (Lipinski definition) is 0. The number of carbonyl (C=O) groups excluding carboxylic acids is 1. The predicted molar refractivity (Wildman–Crippen MR) is 108 cm³/mol. The molecule has 1 aliphatic rings. The fraction of sp³-hybridized carbons (Fsp3) is 0.524. The second-order valence-corrected chi connectivity index (χ2v) is 8.52. The van der Waals surface area contributed by atoms with Crippen LogP contribution in [0.3, 0.4) is 0 Å². The molecule has 1 fully saturated rings. The Hall–Kier alpha value is -2.91. The number of likely N-dealkylation sites (tertiary alicyclic amines) is 1. The minimum atomic E-state index is -4.56. The topological polar surface area (TPSA) is 68.3 Å². The number of halogens is 3. The van der Waals surface area contributed by atoms with Crippen LogP contribution in [0.4, 0.5) is 13.2 Å². The van der Waals surface area contributed by atoms with Gasteiger partial charge in [0.15, 0.2) is 5.65 Å². The van der Waals surface area contributed by atoms with Gasteiger partial charge >= 0.3 is 6.18 Å². The zero-order chi connectivity index (χ0) is 22.5. The highest BCUT2D eigenvalue weighted by molar-refractivity contribution is 5.94. The van der Waals surface area contributed by atoms with Gasteiger partial charge in [-0.1, -0.05) is 13.8 Å². The van der Waals surface area contributed by atoms with Gasteiger partial charge in [-0.25, -0.2) is 9.50 Å². The van der Waals surface area contributed by atoms with Crippen molar-refractivity contribution >= 4 is 11.6 Å². The minimum Gasteiger partial charge on any atom is -0.330 e. The van der Waals surface area contributed by atoms with Crippen molar-refractivity contribution in [2.45, 2.75) is 64.7 Å². The molecule has 7 nitrogen and oxygen atoms in total. The summed E-state index contributed by atoms with van der Waals surface area (Å²) in [6.45, 7) is 8.04. The van der Waals surface area contributed by atoms with E-state index in [1.54, 1.807) is 35.7 Å². The summed E-state index contributed by atoms with van der Waals surface area (Å²) >= 11 is 0. The van der Waals surface area contributed by atoms with Gasteiger partial charge in [-0.2, -0.15) is 23.4 Å². The fourth-order valence-electron chi connectivity index (χ4n) is 3.89. The maximum Gasteiger partial charge on any atom is 0.433 e. The number of fused-ring (bicyclic) bond motifs is 1. The van der Waals surface area contributed by atoms with Crippen LogP contribution in [-0.2, 0) is 6.18 Å². The van der Waals surface area contributed by atoms with Crippen LogP contribution in [0.15, 0.2) is 24.5 Å². The molecule has 1 saturated heterocycles. The van der Waals surface area contributed by atoms with Crippen LogP contribution in [0.25, 0.3) is 5.65 Å². The number of rotatable bonds is 4. The summed E-state index contributed by atoms with van der Waals surface area (Å²) in [6.07, 6.45) is 0.0420. The largest absolute Gasteiger partial charge is 0.433 e. The van der Waals surface area contributed by atoms with Crippen molar-refractivity contribution in [3.63, 3.8) is 0 Å². The van der Waals surface area contributed by atoms with E-state index < -0.39 is 17.9 Å². The molecule has 31 heavy (non-hydrogen) atoms. The van der Waals surface area contributed by atoms with Crippen molar-refractivity contribution in [3.05, 3.63) is 47.2 Å². The normalized spacial score (nSPS) is 17.5. The van der Waals surface area contributed by atoms with E-state index in [0.717, 1.165) is 17.0 Å².